The van der Waals surface area contributed by atoms with E-state index in [0.717, 1.165) is 10.6 Å². The van der Waals surface area contributed by atoms with E-state index in [1.54, 1.807) is 31.2 Å². The average molecular weight is 382 g/mol. The molecule has 0 radical (unpaired) electrons. The summed E-state index contributed by atoms with van der Waals surface area (Å²) in [6, 6.07) is 6.66. The van der Waals surface area contributed by atoms with Gasteiger partial charge in [-0.3, -0.25) is 13.9 Å². The number of nitrogens with one attached hydrogen (secondary N) is 1. The maximum Gasteiger partial charge on any atom is 0.327 e. The Hall–Kier alpha value is -2.68. The van der Waals surface area contributed by atoms with Gasteiger partial charge in [0.1, 0.15) is 18.9 Å². The van der Waals surface area contributed by atoms with Gasteiger partial charge in [-0.15, -0.1) is 0 Å². The molecule has 0 fully saturated rings. The lowest BCUT2D eigenvalue weighted by Crippen LogP contribution is -2.36. The highest BCUT2D eigenvalue weighted by Gasteiger charge is 2.23. The lowest BCUT2D eigenvalue weighted by Gasteiger charge is -2.23. The Bertz CT molecular complexity index is 842. The fraction of sp³-hybridized carbons (Fsp3) is 0.353. The number of anilines is 1. The molecule has 0 aliphatic carbocycles. The normalized spacial score (nSPS) is 12.2. The molecule has 142 valence electrons. The number of Topliss-reactive ketones (excluding diaryl/α,β-unsaturated/α-hetero) is 1. The maximum atomic E-state index is 12.1. The first-order chi connectivity index (χ1) is 11.9. The monoisotopic (exact) mass is 382 g/mol. The molecule has 0 amide bonds. The highest BCUT2D eigenvalue weighted by molar-refractivity contribution is 7.92. The number of sulfonamides is 1. The van der Waals surface area contributed by atoms with E-state index in [4.69, 9.17) is 10.1 Å². The van der Waals surface area contributed by atoms with E-state index in [-0.39, 0.29) is 11.3 Å². The van der Waals surface area contributed by atoms with Crippen molar-refractivity contribution in [3.63, 3.8) is 0 Å². The Balaban J connectivity index is 2.97. The number of aliphatic hydroxyl groups excluding tert-OH is 1. The Labute approximate surface area is 152 Å². The predicted molar refractivity (Wildman–Crippen MR) is 98.1 cm³/mol. The number of nitrogens with zero attached hydrogens (tertiary/aromatic N) is 1. The van der Waals surface area contributed by atoms with Crippen LogP contribution in [0.2, 0.25) is 0 Å². The summed E-state index contributed by atoms with van der Waals surface area (Å²) in [6.45, 7) is 2.98. The zero-order chi connectivity index (χ0) is 20.1. The highest BCUT2D eigenvalue weighted by Crippen LogP contribution is 2.21. The molecular weight excluding hydrogens is 360 g/mol. The highest BCUT2D eigenvalue weighted by atomic mass is 32.2. The van der Waals surface area contributed by atoms with E-state index >= 15 is 0 Å². The molecule has 8 nitrogen and oxygen atoms in total. The van der Waals surface area contributed by atoms with Crippen molar-refractivity contribution in [1.82, 2.24) is 0 Å². The minimum atomic E-state index is -3.75. The molecule has 9 heteroatoms. The van der Waals surface area contributed by atoms with E-state index < -0.39 is 40.7 Å². The summed E-state index contributed by atoms with van der Waals surface area (Å²) in [4.78, 5) is 23.5. The number of aliphatic hydroxyl groups is 1. The van der Waals surface area contributed by atoms with Gasteiger partial charge < -0.3 is 15.3 Å². The van der Waals surface area contributed by atoms with Crippen LogP contribution in [-0.4, -0.2) is 50.4 Å². The van der Waals surface area contributed by atoms with Crippen LogP contribution < -0.4 is 4.31 Å². The van der Waals surface area contributed by atoms with Crippen molar-refractivity contribution in [2.45, 2.75) is 20.8 Å². The van der Waals surface area contributed by atoms with Crippen LogP contribution in [0.5, 0.6) is 0 Å². The van der Waals surface area contributed by atoms with Crippen molar-refractivity contribution in [2.24, 2.45) is 0 Å². The van der Waals surface area contributed by atoms with E-state index in [1.807, 2.05) is 0 Å². The van der Waals surface area contributed by atoms with E-state index in [1.165, 1.54) is 13.8 Å². The third-order valence-corrected chi connectivity index (χ3v) is 4.57. The van der Waals surface area contributed by atoms with E-state index in [9.17, 15) is 23.1 Å². The largest absolute Gasteiger partial charge is 0.508 e. The number of rotatable bonds is 8. The Morgan fingerprint density at radius 3 is 2.27 bits per heavy atom. The molecule has 0 atom stereocenters. The van der Waals surface area contributed by atoms with Gasteiger partial charge in [0.15, 0.2) is 5.78 Å². The van der Waals surface area contributed by atoms with Gasteiger partial charge in [-0.1, -0.05) is 18.2 Å². The summed E-state index contributed by atoms with van der Waals surface area (Å²) in [5.74, 6) is -2.00. The molecule has 1 aromatic carbocycles. The van der Waals surface area contributed by atoms with Crippen LogP contribution >= 0.6 is 0 Å². The first kappa shape index (κ1) is 21.4. The number of para-hydroxylation sites is 1. The van der Waals surface area contributed by atoms with Crippen molar-refractivity contribution >= 4 is 33.2 Å². The fourth-order valence-corrected chi connectivity index (χ4v) is 3.19. The Morgan fingerprint density at radius 2 is 1.81 bits per heavy atom. The lowest BCUT2D eigenvalue weighted by atomic mass is 10.1. The molecule has 0 aromatic heterocycles. The number of allylic oxidation sites excluding steroid dienone is 1. The molecule has 0 saturated heterocycles. The minimum absolute atomic E-state index is 0.163. The lowest BCUT2D eigenvalue weighted by molar-refractivity contribution is -0.141. The summed E-state index contributed by atoms with van der Waals surface area (Å²) in [5, 5.41) is 17.3. The SMILES string of the molecule is CC(=N)/C(C(C)=O)=C(/O)COC(=O)CN(c1ccccc1C)S(C)(=O)=O. The van der Waals surface area contributed by atoms with Gasteiger partial charge in [0, 0.05) is 5.71 Å². The topological polar surface area (TPSA) is 125 Å². The maximum absolute atomic E-state index is 12.1. The molecule has 1 rings (SSSR count). The quantitative estimate of drug-likeness (QED) is 0.305. The second-order valence-electron chi connectivity index (χ2n) is 5.72. The third-order valence-electron chi connectivity index (χ3n) is 3.44. The molecule has 26 heavy (non-hydrogen) atoms. The number of hydrogen-bond donors (Lipinski definition) is 2. The molecule has 0 bridgehead atoms. The van der Waals surface area contributed by atoms with Gasteiger partial charge in [0.05, 0.1) is 17.5 Å². The van der Waals surface area contributed by atoms with Crippen LogP contribution in [0.3, 0.4) is 0 Å². The van der Waals surface area contributed by atoms with E-state index in [2.05, 4.69) is 0 Å². The van der Waals surface area contributed by atoms with Crippen LogP contribution in [0.15, 0.2) is 35.6 Å². The second kappa shape index (κ2) is 8.61. The van der Waals surface area contributed by atoms with Gasteiger partial charge >= 0.3 is 5.97 Å². The number of ketones is 1. The number of ether oxygens (including phenoxy) is 1. The van der Waals surface area contributed by atoms with Crippen LogP contribution in [-0.2, 0) is 24.3 Å². The van der Waals surface area contributed by atoms with Crippen LogP contribution in [0.4, 0.5) is 5.69 Å². The van der Waals surface area contributed by atoms with Crippen LogP contribution in [0, 0.1) is 12.3 Å². The number of aryl methyl sites for hydroxylation is 1. The van der Waals surface area contributed by atoms with Crippen molar-refractivity contribution < 1.29 is 27.9 Å². The van der Waals surface area contributed by atoms with Crippen molar-refractivity contribution in [3.05, 3.63) is 41.2 Å². The van der Waals surface area contributed by atoms with Gasteiger partial charge in [-0.2, -0.15) is 0 Å². The van der Waals surface area contributed by atoms with Gasteiger partial charge in [0.2, 0.25) is 10.0 Å². The third kappa shape index (κ3) is 5.69. The number of benzene rings is 1. The number of carbonyl (C=O) groups excluding carboxylic acids is 2. The van der Waals surface area contributed by atoms with Gasteiger partial charge in [-0.25, -0.2) is 8.42 Å². The fourth-order valence-electron chi connectivity index (χ4n) is 2.29. The van der Waals surface area contributed by atoms with Crippen LogP contribution in [0.25, 0.3) is 0 Å². The first-order valence-electron chi connectivity index (χ1n) is 7.62. The summed E-state index contributed by atoms with van der Waals surface area (Å²) < 4.78 is 29.8. The molecule has 0 heterocycles. The summed E-state index contributed by atoms with van der Waals surface area (Å²) in [7, 11) is -3.75. The molecule has 1 aromatic rings. The zero-order valence-corrected chi connectivity index (χ0v) is 15.9. The number of hydrogen-bond acceptors (Lipinski definition) is 7. The molecule has 0 aliphatic rings. The number of esters is 1. The predicted octanol–water partition coefficient (Wildman–Crippen LogP) is 1.74. The molecule has 0 aliphatic heterocycles. The molecule has 0 spiro atoms. The van der Waals surface area contributed by atoms with Crippen molar-refractivity contribution in [2.75, 3.05) is 23.7 Å². The minimum Gasteiger partial charge on any atom is -0.508 e. The number of carbonyl (C=O) groups is 2. The molecule has 0 unspecified atom stereocenters. The molecule has 2 N–H and O–H groups in total. The Kier molecular flexibility index (Phi) is 7.08. The summed E-state index contributed by atoms with van der Waals surface area (Å²) in [6.07, 6.45) is 0.969. The van der Waals surface area contributed by atoms with Gasteiger partial charge in [-0.05, 0) is 32.4 Å². The second-order valence-corrected chi connectivity index (χ2v) is 7.63. The van der Waals surface area contributed by atoms with Gasteiger partial charge in [0.25, 0.3) is 0 Å². The molecule has 0 saturated carbocycles. The van der Waals surface area contributed by atoms with Crippen molar-refractivity contribution in [1.29, 1.82) is 5.41 Å². The van der Waals surface area contributed by atoms with Crippen LogP contribution in [0.1, 0.15) is 19.4 Å². The van der Waals surface area contributed by atoms with E-state index in [0.29, 0.717) is 11.3 Å². The smallest absolute Gasteiger partial charge is 0.327 e. The average Bonchev–Trinajstić information content (AvgIpc) is 2.49. The van der Waals surface area contributed by atoms with Crippen molar-refractivity contribution in [3.8, 4) is 0 Å². The summed E-state index contributed by atoms with van der Waals surface area (Å²) in [5.41, 5.74) is 0.596. The zero-order valence-electron chi connectivity index (χ0n) is 15.1. The Morgan fingerprint density at radius 1 is 1.23 bits per heavy atom. The standard InChI is InChI=1S/C17H22N2O6S/c1-11-7-5-6-8-14(11)19(26(4,23)24)9-16(22)25-10-15(21)17(12(2)18)13(3)20/h5-8,18,21H,9-10H2,1-4H3/b17-15-,18-12?. The molecular formula is C17H22N2O6S. The first-order valence-corrected chi connectivity index (χ1v) is 9.47. The summed E-state index contributed by atoms with van der Waals surface area (Å²) >= 11 is 0.